The molecule has 2 heterocycles. The van der Waals surface area contributed by atoms with Crippen LogP contribution in [0, 0.1) is 5.92 Å². The molecule has 43 heavy (non-hydrogen) atoms. The first-order chi connectivity index (χ1) is 20.2. The Labute approximate surface area is 252 Å². The van der Waals surface area contributed by atoms with Gasteiger partial charge in [0.1, 0.15) is 17.4 Å². The molecular formula is C32H44N2O9. The first kappa shape index (κ1) is 31.1. The third-order valence-electron chi connectivity index (χ3n) is 8.96. The first-order valence-electron chi connectivity index (χ1n) is 15.1. The average Bonchev–Trinajstić information content (AvgIpc) is 3.28. The second kappa shape index (κ2) is 11.3. The van der Waals surface area contributed by atoms with Crippen LogP contribution < -0.4 is 14.8 Å². The smallest absolute Gasteiger partial charge is 0.408 e. The van der Waals surface area contributed by atoms with Gasteiger partial charge in [0, 0.05) is 24.4 Å². The molecule has 2 N–H and O–H groups in total. The standard InChI is InChI=1S/C32H44N2O9/c1-18(2)17-40-28(36)20(33-29(37)43-30(3,4)5)9-11-24(35)41-22-12-13-32(38)23-16-19-8-10-21(39-7)26-25(19)31(32,27(22)42-26)14-15-34(23)6/h8,10,12,18,20,23,27,38H,9,11,13-17H2,1-7H3,(H,33,37)/t20-,23+,27-,31-,32+/m0/s1. The Bertz CT molecular complexity index is 1320. The summed E-state index contributed by atoms with van der Waals surface area (Å²) in [5.74, 6) is 0.354. The number of aliphatic hydroxyl groups is 1. The number of rotatable bonds is 9. The lowest BCUT2D eigenvalue weighted by molar-refractivity contribution is -0.169. The molecule has 1 saturated heterocycles. The number of methoxy groups -OCH3 is 1. The van der Waals surface area contributed by atoms with Crippen molar-refractivity contribution >= 4 is 18.0 Å². The quantitative estimate of drug-likeness (QED) is 0.321. The fraction of sp³-hybridized carbons (Fsp3) is 0.656. The van der Waals surface area contributed by atoms with Gasteiger partial charge in [-0.25, -0.2) is 9.59 Å². The summed E-state index contributed by atoms with van der Waals surface area (Å²) in [6.07, 6.45) is 1.63. The van der Waals surface area contributed by atoms with Crippen molar-refractivity contribution in [3.63, 3.8) is 0 Å². The largest absolute Gasteiger partial charge is 0.493 e. The van der Waals surface area contributed by atoms with Gasteiger partial charge in [0.05, 0.1) is 24.7 Å². The molecule has 4 aliphatic rings. The molecule has 0 radical (unpaired) electrons. The molecule has 0 saturated carbocycles. The minimum atomic E-state index is -1.12. The zero-order valence-electron chi connectivity index (χ0n) is 26.2. The van der Waals surface area contributed by atoms with Crippen molar-refractivity contribution in [3.8, 4) is 11.5 Å². The summed E-state index contributed by atoms with van der Waals surface area (Å²) >= 11 is 0. The number of carbonyl (C=O) groups is 3. The number of carbonyl (C=O) groups excluding carboxylic acids is 3. The molecule has 2 aliphatic heterocycles. The summed E-state index contributed by atoms with van der Waals surface area (Å²) in [6.45, 7) is 9.88. The van der Waals surface area contributed by atoms with Crippen molar-refractivity contribution in [2.24, 2.45) is 5.92 Å². The van der Waals surface area contributed by atoms with Gasteiger partial charge in [0.25, 0.3) is 0 Å². The number of hydrogen-bond acceptors (Lipinski definition) is 10. The maximum atomic E-state index is 13.3. The average molecular weight is 601 g/mol. The Morgan fingerprint density at radius 2 is 1.98 bits per heavy atom. The summed E-state index contributed by atoms with van der Waals surface area (Å²) in [4.78, 5) is 40.7. The number of likely N-dealkylation sites (tertiary alicyclic amines) is 1. The molecular weight excluding hydrogens is 556 g/mol. The molecule has 0 aromatic heterocycles. The van der Waals surface area contributed by atoms with Crippen LogP contribution in [0.2, 0.25) is 0 Å². The summed E-state index contributed by atoms with van der Waals surface area (Å²) in [6, 6.07) is 2.70. The van der Waals surface area contributed by atoms with E-state index in [1.165, 1.54) is 0 Å². The van der Waals surface area contributed by atoms with Crippen molar-refractivity contribution in [2.75, 3.05) is 27.3 Å². The third kappa shape index (κ3) is 5.46. The van der Waals surface area contributed by atoms with Crippen molar-refractivity contribution in [2.45, 2.75) is 102 Å². The predicted octanol–water partition coefficient (Wildman–Crippen LogP) is 3.39. The number of esters is 2. The molecule has 1 aromatic rings. The van der Waals surface area contributed by atoms with Gasteiger partial charge >= 0.3 is 18.0 Å². The third-order valence-corrected chi connectivity index (χ3v) is 8.96. The molecule has 1 aromatic carbocycles. The van der Waals surface area contributed by atoms with Crippen molar-refractivity contribution < 1.29 is 43.2 Å². The van der Waals surface area contributed by atoms with E-state index in [-0.39, 0.29) is 31.4 Å². The van der Waals surface area contributed by atoms with E-state index in [9.17, 15) is 19.5 Å². The van der Waals surface area contributed by atoms with Crippen LogP contribution in [0.5, 0.6) is 11.5 Å². The lowest BCUT2D eigenvalue weighted by atomic mass is 9.50. The van der Waals surface area contributed by atoms with Crippen LogP contribution in [-0.4, -0.2) is 84.7 Å². The fourth-order valence-corrected chi connectivity index (χ4v) is 7.08. The van der Waals surface area contributed by atoms with Crippen LogP contribution in [0.3, 0.4) is 0 Å². The van der Waals surface area contributed by atoms with Crippen LogP contribution in [0.15, 0.2) is 24.0 Å². The van der Waals surface area contributed by atoms with E-state index in [2.05, 4.69) is 10.2 Å². The molecule has 236 valence electrons. The number of alkyl carbamates (subject to hydrolysis) is 1. The normalized spacial score (nSPS) is 27.8. The highest BCUT2D eigenvalue weighted by Crippen LogP contribution is 2.65. The van der Waals surface area contributed by atoms with Gasteiger partial charge in [-0.2, -0.15) is 0 Å². The molecule has 2 bridgehead atoms. The Hall–Kier alpha value is -3.31. The van der Waals surface area contributed by atoms with Crippen molar-refractivity contribution in [1.29, 1.82) is 0 Å². The topological polar surface area (TPSA) is 133 Å². The summed E-state index contributed by atoms with van der Waals surface area (Å²) in [7, 11) is 3.61. The van der Waals surface area contributed by atoms with E-state index in [0.717, 1.165) is 17.7 Å². The SMILES string of the molecule is COc1ccc2c3c1O[C@H]1C(OC(=O)CC[C@H](NC(=O)OC(C)(C)C)C(=O)OCC(C)C)=CC[C@@]4(O)[C@@H](C2)N(C)CC[C@]314. The second-order valence-corrected chi connectivity index (χ2v) is 13.5. The number of likely N-dealkylation sites (N-methyl/N-ethyl adjacent to an activating group) is 1. The van der Waals surface area contributed by atoms with E-state index >= 15 is 0 Å². The highest BCUT2D eigenvalue weighted by atomic mass is 16.6. The molecule has 5 rings (SSSR count). The van der Waals surface area contributed by atoms with Crippen LogP contribution in [0.25, 0.3) is 0 Å². The van der Waals surface area contributed by atoms with Gasteiger partial charge in [0.15, 0.2) is 17.6 Å². The molecule has 11 nitrogen and oxygen atoms in total. The molecule has 0 unspecified atom stereocenters. The number of nitrogens with one attached hydrogen (secondary N) is 1. The van der Waals surface area contributed by atoms with Crippen LogP contribution in [-0.2, 0) is 35.6 Å². The monoisotopic (exact) mass is 600 g/mol. The van der Waals surface area contributed by atoms with Crippen LogP contribution in [0.4, 0.5) is 4.79 Å². The lowest BCUT2D eigenvalue weighted by Gasteiger charge is -2.61. The van der Waals surface area contributed by atoms with Gasteiger partial charge in [-0.15, -0.1) is 0 Å². The van der Waals surface area contributed by atoms with E-state index in [0.29, 0.717) is 36.5 Å². The maximum Gasteiger partial charge on any atom is 0.408 e. The minimum Gasteiger partial charge on any atom is -0.493 e. The van der Waals surface area contributed by atoms with Crippen LogP contribution >= 0.6 is 0 Å². The molecule has 11 heteroatoms. The highest BCUT2D eigenvalue weighted by molar-refractivity contribution is 5.82. The zero-order chi connectivity index (χ0) is 31.3. The van der Waals surface area contributed by atoms with E-state index in [1.54, 1.807) is 34.0 Å². The number of amides is 1. The molecule has 5 atom stereocenters. The number of nitrogens with zero attached hydrogens (tertiary/aromatic N) is 1. The summed E-state index contributed by atoms with van der Waals surface area (Å²) in [5, 5.41) is 14.9. The summed E-state index contributed by atoms with van der Waals surface area (Å²) < 4.78 is 28.8. The Kier molecular flexibility index (Phi) is 8.19. The first-order valence-corrected chi connectivity index (χ1v) is 15.1. The number of ether oxygens (including phenoxy) is 5. The van der Waals surface area contributed by atoms with Crippen molar-refractivity contribution in [3.05, 3.63) is 35.1 Å². The van der Waals surface area contributed by atoms with Gasteiger partial charge in [-0.05, 0) is 77.2 Å². The second-order valence-electron chi connectivity index (χ2n) is 13.5. The Balaban J connectivity index is 1.35. The molecule has 1 spiro atoms. The Morgan fingerprint density at radius 3 is 2.65 bits per heavy atom. The molecule has 1 fully saturated rings. The van der Waals surface area contributed by atoms with Gasteiger partial charge in [0.2, 0.25) is 0 Å². The lowest BCUT2D eigenvalue weighted by Crippen LogP contribution is -2.74. The number of hydrogen-bond donors (Lipinski definition) is 2. The van der Waals surface area contributed by atoms with Crippen molar-refractivity contribution in [1.82, 2.24) is 10.2 Å². The van der Waals surface area contributed by atoms with E-state index in [1.807, 2.05) is 33.0 Å². The highest BCUT2D eigenvalue weighted by Gasteiger charge is 2.72. The van der Waals surface area contributed by atoms with E-state index in [4.69, 9.17) is 23.7 Å². The van der Waals surface area contributed by atoms with Gasteiger partial charge in [-0.1, -0.05) is 19.9 Å². The summed E-state index contributed by atoms with van der Waals surface area (Å²) in [5.41, 5.74) is -0.637. The maximum absolute atomic E-state index is 13.3. The van der Waals surface area contributed by atoms with Gasteiger partial charge < -0.3 is 39.0 Å². The van der Waals surface area contributed by atoms with Crippen LogP contribution in [0.1, 0.15) is 71.4 Å². The Morgan fingerprint density at radius 1 is 1.23 bits per heavy atom. The minimum absolute atomic E-state index is 0.0477. The molecule has 1 amide bonds. The van der Waals surface area contributed by atoms with E-state index < -0.39 is 46.8 Å². The van der Waals surface area contributed by atoms with Gasteiger partial charge in [-0.3, -0.25) is 4.79 Å². The zero-order valence-corrected chi connectivity index (χ0v) is 26.2. The fourth-order valence-electron chi connectivity index (χ4n) is 7.08. The number of piperidine rings is 1. The molecule has 2 aliphatic carbocycles. The predicted molar refractivity (Wildman–Crippen MR) is 156 cm³/mol. The number of benzene rings is 1.